The van der Waals surface area contributed by atoms with E-state index in [0.29, 0.717) is 23.4 Å². The molecule has 0 fully saturated rings. The third-order valence-corrected chi connectivity index (χ3v) is 4.90. The Morgan fingerprint density at radius 3 is 2.70 bits per heavy atom. The van der Waals surface area contributed by atoms with Crippen molar-refractivity contribution in [1.82, 2.24) is 4.90 Å². The zero-order valence-electron chi connectivity index (χ0n) is 14.4. The summed E-state index contributed by atoms with van der Waals surface area (Å²) in [6.07, 6.45) is -0.628. The fourth-order valence-electron chi connectivity index (χ4n) is 3.60. The van der Waals surface area contributed by atoms with Gasteiger partial charge < -0.3 is 20.1 Å². The van der Waals surface area contributed by atoms with Gasteiger partial charge >= 0.3 is 5.97 Å². The van der Waals surface area contributed by atoms with Crippen molar-refractivity contribution < 1.29 is 24.2 Å². The fourth-order valence-corrected chi connectivity index (χ4v) is 3.60. The summed E-state index contributed by atoms with van der Waals surface area (Å²) in [6, 6.07) is 13.1. The first-order valence-electron chi connectivity index (χ1n) is 8.71. The van der Waals surface area contributed by atoms with E-state index in [0.717, 1.165) is 5.56 Å². The molecule has 0 spiro atoms. The van der Waals surface area contributed by atoms with Gasteiger partial charge in [0.15, 0.2) is 12.1 Å². The first-order chi connectivity index (χ1) is 13.0. The monoisotopic (exact) mass is 366 g/mol. The van der Waals surface area contributed by atoms with E-state index in [4.69, 9.17) is 4.74 Å². The summed E-state index contributed by atoms with van der Waals surface area (Å²) in [7, 11) is 0. The molecule has 7 heteroatoms. The van der Waals surface area contributed by atoms with Gasteiger partial charge in [0.2, 0.25) is 5.91 Å². The second kappa shape index (κ2) is 6.75. The number of nitrogens with zero attached hydrogens (tertiary/aromatic N) is 1. The lowest BCUT2D eigenvalue weighted by molar-refractivity contribution is -0.152. The van der Waals surface area contributed by atoms with Gasteiger partial charge in [0.25, 0.3) is 5.91 Å². The summed E-state index contributed by atoms with van der Waals surface area (Å²) in [5.74, 6) is -1.42. The number of carbonyl (C=O) groups is 3. The van der Waals surface area contributed by atoms with Crippen LogP contribution in [-0.2, 0) is 20.8 Å². The van der Waals surface area contributed by atoms with E-state index in [9.17, 15) is 19.5 Å². The summed E-state index contributed by atoms with van der Waals surface area (Å²) in [6.45, 7) is 0.289. The van der Waals surface area contributed by atoms with E-state index in [1.54, 1.807) is 36.4 Å². The Balaban J connectivity index is 1.55. The van der Waals surface area contributed by atoms with Crippen molar-refractivity contribution in [3.63, 3.8) is 0 Å². The Morgan fingerprint density at radius 1 is 1.15 bits per heavy atom. The minimum atomic E-state index is -1.09. The molecule has 2 unspecified atom stereocenters. The molecule has 2 aliphatic rings. The molecule has 2 aliphatic heterocycles. The van der Waals surface area contributed by atoms with E-state index < -0.39 is 29.9 Å². The standard InChI is InChI=1S/C20H18N2O5/c23-17(11-16-19(24)21-14-7-3-4-8-15(14)27-16)22-10-9-12-5-1-2-6-13(12)18(22)20(25)26/h1-8,16,18H,9-11H2,(H,21,24)(H,25,26). The number of carbonyl (C=O) groups excluding carboxylic acids is 2. The fraction of sp³-hybridized carbons (Fsp3) is 0.250. The average molecular weight is 366 g/mol. The van der Waals surface area contributed by atoms with Crippen molar-refractivity contribution >= 4 is 23.5 Å². The SMILES string of the molecule is O=C1Nc2ccccc2OC1CC(=O)N1CCc2ccccc2C1C(=O)O. The number of carboxylic acids is 1. The van der Waals surface area contributed by atoms with Gasteiger partial charge in [-0.1, -0.05) is 36.4 Å². The van der Waals surface area contributed by atoms with Crippen LogP contribution in [0.15, 0.2) is 48.5 Å². The van der Waals surface area contributed by atoms with E-state index in [1.807, 2.05) is 12.1 Å². The molecule has 7 nitrogen and oxygen atoms in total. The van der Waals surface area contributed by atoms with Crippen LogP contribution in [0, 0.1) is 0 Å². The molecule has 0 aromatic heterocycles. The summed E-state index contributed by atoms with van der Waals surface area (Å²) in [5, 5.41) is 12.4. The van der Waals surface area contributed by atoms with Crippen molar-refractivity contribution in [2.45, 2.75) is 25.0 Å². The predicted octanol–water partition coefficient (Wildman–Crippen LogP) is 1.99. The van der Waals surface area contributed by atoms with Crippen molar-refractivity contribution in [3.8, 4) is 5.75 Å². The zero-order valence-corrected chi connectivity index (χ0v) is 14.4. The number of aliphatic carboxylic acids is 1. The molecule has 2 amide bonds. The van der Waals surface area contributed by atoms with E-state index >= 15 is 0 Å². The van der Waals surface area contributed by atoms with Gasteiger partial charge in [0, 0.05) is 6.54 Å². The molecule has 4 rings (SSSR count). The topological polar surface area (TPSA) is 95.9 Å². The molecule has 0 radical (unpaired) electrons. The van der Waals surface area contributed by atoms with Crippen LogP contribution >= 0.6 is 0 Å². The number of fused-ring (bicyclic) bond motifs is 2. The van der Waals surface area contributed by atoms with Crippen LogP contribution < -0.4 is 10.1 Å². The van der Waals surface area contributed by atoms with E-state index in [2.05, 4.69) is 5.32 Å². The largest absolute Gasteiger partial charge is 0.479 e. The average Bonchev–Trinajstić information content (AvgIpc) is 2.67. The van der Waals surface area contributed by atoms with Crippen LogP contribution in [0.3, 0.4) is 0 Å². The van der Waals surface area contributed by atoms with Crippen molar-refractivity contribution in [2.75, 3.05) is 11.9 Å². The number of benzene rings is 2. The maximum Gasteiger partial charge on any atom is 0.331 e. The lowest BCUT2D eigenvalue weighted by Crippen LogP contribution is -2.47. The molecule has 0 saturated carbocycles. The normalized spacial score (nSPS) is 20.7. The van der Waals surface area contributed by atoms with Gasteiger partial charge in [-0.3, -0.25) is 9.59 Å². The van der Waals surface area contributed by atoms with Gasteiger partial charge in [-0.2, -0.15) is 0 Å². The van der Waals surface area contributed by atoms with Crippen LogP contribution in [0.25, 0.3) is 0 Å². The highest BCUT2D eigenvalue weighted by Crippen LogP contribution is 2.33. The lowest BCUT2D eigenvalue weighted by Gasteiger charge is -2.36. The number of para-hydroxylation sites is 2. The van der Waals surface area contributed by atoms with Crippen LogP contribution in [0.2, 0.25) is 0 Å². The summed E-state index contributed by atoms with van der Waals surface area (Å²) in [4.78, 5) is 38.3. The number of amides is 2. The number of carboxylic acid groups (broad SMARTS) is 1. The molecule has 138 valence electrons. The number of hydrogen-bond donors (Lipinski definition) is 2. The van der Waals surface area contributed by atoms with Gasteiger partial charge in [0.1, 0.15) is 5.75 Å². The number of nitrogens with one attached hydrogen (secondary N) is 1. The second-order valence-corrected chi connectivity index (χ2v) is 6.57. The quantitative estimate of drug-likeness (QED) is 0.866. The molecule has 2 heterocycles. The molecule has 0 bridgehead atoms. The zero-order chi connectivity index (χ0) is 19.0. The number of hydrogen-bond acceptors (Lipinski definition) is 4. The maximum atomic E-state index is 12.9. The Kier molecular flexibility index (Phi) is 4.27. The van der Waals surface area contributed by atoms with Crippen molar-refractivity contribution in [2.24, 2.45) is 0 Å². The van der Waals surface area contributed by atoms with Crippen LogP contribution in [0.1, 0.15) is 23.6 Å². The van der Waals surface area contributed by atoms with E-state index in [-0.39, 0.29) is 13.0 Å². The minimum absolute atomic E-state index is 0.216. The maximum absolute atomic E-state index is 12.9. The van der Waals surface area contributed by atoms with Crippen molar-refractivity contribution in [1.29, 1.82) is 0 Å². The van der Waals surface area contributed by atoms with Gasteiger partial charge in [-0.05, 0) is 29.7 Å². The summed E-state index contributed by atoms with van der Waals surface area (Å²) in [5.41, 5.74) is 2.10. The predicted molar refractivity (Wildman–Crippen MR) is 96.3 cm³/mol. The summed E-state index contributed by atoms with van der Waals surface area (Å²) < 4.78 is 5.66. The molecule has 2 N–H and O–H groups in total. The van der Waals surface area contributed by atoms with Gasteiger partial charge in [-0.15, -0.1) is 0 Å². The summed E-state index contributed by atoms with van der Waals surface area (Å²) >= 11 is 0. The van der Waals surface area contributed by atoms with Crippen LogP contribution in [-0.4, -0.2) is 40.4 Å². The molecule has 0 saturated heterocycles. The van der Waals surface area contributed by atoms with Crippen LogP contribution in [0.4, 0.5) is 5.69 Å². The molecule has 2 aromatic rings. The Labute approximate surface area is 155 Å². The first kappa shape index (κ1) is 17.1. The molecule has 27 heavy (non-hydrogen) atoms. The highest BCUT2D eigenvalue weighted by molar-refractivity contribution is 6.00. The van der Waals surface area contributed by atoms with Gasteiger partial charge in [-0.25, -0.2) is 4.79 Å². The Morgan fingerprint density at radius 2 is 1.89 bits per heavy atom. The van der Waals surface area contributed by atoms with Gasteiger partial charge in [0.05, 0.1) is 12.1 Å². The Bertz CT molecular complexity index is 926. The van der Waals surface area contributed by atoms with Crippen LogP contribution in [0.5, 0.6) is 5.75 Å². The number of anilines is 1. The van der Waals surface area contributed by atoms with E-state index in [1.165, 1.54) is 4.90 Å². The smallest absolute Gasteiger partial charge is 0.331 e. The molecule has 0 aliphatic carbocycles. The van der Waals surface area contributed by atoms with Crippen molar-refractivity contribution in [3.05, 3.63) is 59.7 Å². The highest BCUT2D eigenvalue weighted by Gasteiger charge is 2.38. The first-order valence-corrected chi connectivity index (χ1v) is 8.71. The lowest BCUT2D eigenvalue weighted by atomic mass is 9.92. The molecule has 2 aromatic carbocycles. The second-order valence-electron chi connectivity index (χ2n) is 6.57. The molecule has 2 atom stereocenters. The highest BCUT2D eigenvalue weighted by atomic mass is 16.5. The third-order valence-electron chi connectivity index (χ3n) is 4.90. The number of rotatable bonds is 3. The number of ether oxygens (including phenoxy) is 1. The Hall–Kier alpha value is -3.35. The third kappa shape index (κ3) is 3.12. The minimum Gasteiger partial charge on any atom is -0.479 e. The molecular weight excluding hydrogens is 348 g/mol. The molecular formula is C20H18N2O5.